The van der Waals surface area contributed by atoms with Crippen molar-refractivity contribution >= 4 is 17.3 Å². The fourth-order valence-electron chi connectivity index (χ4n) is 1.49. The third-order valence-corrected chi connectivity index (χ3v) is 2.21. The molecule has 2 N–H and O–H groups in total. The topological polar surface area (TPSA) is 91.5 Å². The maximum Gasteiger partial charge on any atom is 0.311 e. The number of nitrogens with one attached hydrogen (secondary N) is 1. The molecule has 0 aliphatic carbocycles. The predicted octanol–water partition coefficient (Wildman–Crippen LogP) is 0.848. The van der Waals surface area contributed by atoms with Gasteiger partial charge in [-0.05, 0) is 13.0 Å². The molecule has 0 spiro atoms. The van der Waals surface area contributed by atoms with Gasteiger partial charge >= 0.3 is 5.69 Å². The molecule has 0 aliphatic heterocycles. The minimum atomic E-state index is -0.584. The van der Waals surface area contributed by atoms with Gasteiger partial charge in [-0.15, -0.1) is 0 Å². The Morgan fingerprint density at radius 3 is 2.76 bits per heavy atom. The summed E-state index contributed by atoms with van der Waals surface area (Å²) >= 11 is 0. The molecule has 0 aliphatic rings. The van der Waals surface area contributed by atoms with Crippen molar-refractivity contribution < 1.29 is 10.0 Å². The van der Waals surface area contributed by atoms with Gasteiger partial charge in [0.05, 0.1) is 11.0 Å². The average Bonchev–Trinajstić information content (AvgIpc) is 2.27. The van der Waals surface area contributed by atoms with E-state index < -0.39 is 11.0 Å². The van der Waals surface area contributed by atoms with E-state index in [1.807, 2.05) is 0 Å². The lowest BCUT2D eigenvalue weighted by Crippen LogP contribution is -2.28. The molecule has 7 heteroatoms. The van der Waals surface area contributed by atoms with Crippen molar-refractivity contribution in [2.75, 3.05) is 30.9 Å². The van der Waals surface area contributed by atoms with E-state index >= 15 is 0 Å². The van der Waals surface area contributed by atoms with E-state index in [9.17, 15) is 15.2 Å². The van der Waals surface area contributed by atoms with Crippen LogP contribution >= 0.6 is 0 Å². The van der Waals surface area contributed by atoms with E-state index in [0.29, 0.717) is 5.82 Å². The number of aromatic nitrogens is 1. The Morgan fingerprint density at radius 1 is 1.65 bits per heavy atom. The van der Waals surface area contributed by atoms with Gasteiger partial charge in [0.15, 0.2) is 0 Å². The van der Waals surface area contributed by atoms with Crippen molar-refractivity contribution in [3.8, 4) is 0 Å². The Kier molecular flexibility index (Phi) is 4.22. The van der Waals surface area contributed by atoms with E-state index in [4.69, 9.17) is 0 Å². The van der Waals surface area contributed by atoms with Crippen LogP contribution in [0.4, 0.5) is 17.3 Å². The summed E-state index contributed by atoms with van der Waals surface area (Å²) in [6.45, 7) is 1.89. The highest BCUT2D eigenvalue weighted by atomic mass is 16.6. The molecule has 7 nitrogen and oxygen atoms in total. The van der Waals surface area contributed by atoms with Crippen molar-refractivity contribution in [2.24, 2.45) is 0 Å². The second-order valence-corrected chi connectivity index (χ2v) is 3.78. The molecule has 1 unspecified atom stereocenters. The van der Waals surface area contributed by atoms with Crippen LogP contribution in [0.3, 0.4) is 0 Å². The molecule has 1 heterocycles. The quantitative estimate of drug-likeness (QED) is 0.585. The maximum atomic E-state index is 10.9. The molecule has 0 aromatic carbocycles. The molecule has 0 amide bonds. The average molecular weight is 240 g/mol. The second-order valence-electron chi connectivity index (χ2n) is 3.78. The summed E-state index contributed by atoms with van der Waals surface area (Å²) in [5, 5.41) is 23.0. The molecule has 1 atom stereocenters. The number of aliphatic hydroxyl groups is 1. The molecule has 0 saturated heterocycles. The number of hydrogen-bond donors (Lipinski definition) is 2. The number of rotatable bonds is 5. The fraction of sp³-hybridized carbons (Fsp3) is 0.500. The molecule has 1 aromatic heterocycles. The van der Waals surface area contributed by atoms with Crippen LogP contribution in [0.2, 0.25) is 0 Å². The standard InChI is InChI=1S/C10H16N4O3/c1-7(15)6-13(3)10-8(14(16)17)4-5-9(11-2)12-10/h4-5,7,15H,6H2,1-3H3,(H,11,12). The van der Waals surface area contributed by atoms with E-state index in [1.54, 1.807) is 25.9 Å². The molecule has 0 bridgehead atoms. The Balaban J connectivity index is 3.12. The van der Waals surface area contributed by atoms with Gasteiger partial charge in [-0.3, -0.25) is 10.1 Å². The molecule has 17 heavy (non-hydrogen) atoms. The summed E-state index contributed by atoms with van der Waals surface area (Å²) < 4.78 is 0. The van der Waals surface area contributed by atoms with Crippen molar-refractivity contribution in [1.29, 1.82) is 0 Å². The van der Waals surface area contributed by atoms with Crippen LogP contribution < -0.4 is 10.2 Å². The van der Waals surface area contributed by atoms with Gasteiger partial charge in [0.2, 0.25) is 5.82 Å². The molecule has 0 radical (unpaired) electrons. The first kappa shape index (κ1) is 13.2. The zero-order chi connectivity index (χ0) is 13.0. The number of anilines is 2. The van der Waals surface area contributed by atoms with Crippen LogP contribution in [0.15, 0.2) is 12.1 Å². The number of nitro groups is 1. The van der Waals surface area contributed by atoms with Gasteiger partial charge in [-0.1, -0.05) is 0 Å². The molecule has 0 saturated carbocycles. The zero-order valence-electron chi connectivity index (χ0n) is 10.0. The Labute approximate surface area is 99.2 Å². The van der Waals surface area contributed by atoms with Crippen molar-refractivity contribution in [2.45, 2.75) is 13.0 Å². The van der Waals surface area contributed by atoms with E-state index in [-0.39, 0.29) is 18.1 Å². The number of likely N-dealkylation sites (N-methyl/N-ethyl adjacent to an activating group) is 1. The first-order valence-electron chi connectivity index (χ1n) is 5.18. The minimum absolute atomic E-state index is 0.0767. The smallest absolute Gasteiger partial charge is 0.311 e. The highest BCUT2D eigenvalue weighted by Crippen LogP contribution is 2.26. The van der Waals surface area contributed by atoms with Crippen LogP contribution in [-0.4, -0.2) is 41.8 Å². The zero-order valence-corrected chi connectivity index (χ0v) is 10.0. The van der Waals surface area contributed by atoms with Gasteiger partial charge in [0, 0.05) is 26.7 Å². The number of pyridine rings is 1. The third-order valence-electron chi connectivity index (χ3n) is 2.21. The third kappa shape index (κ3) is 3.28. The van der Waals surface area contributed by atoms with Crippen LogP contribution in [0.5, 0.6) is 0 Å². The maximum absolute atomic E-state index is 10.9. The monoisotopic (exact) mass is 240 g/mol. The summed E-state index contributed by atoms with van der Waals surface area (Å²) in [6.07, 6.45) is -0.584. The summed E-state index contributed by atoms with van der Waals surface area (Å²) in [6, 6.07) is 2.94. The Morgan fingerprint density at radius 2 is 2.29 bits per heavy atom. The summed E-state index contributed by atoms with van der Waals surface area (Å²) in [5.41, 5.74) is -0.0767. The van der Waals surface area contributed by atoms with Crippen LogP contribution in [0.1, 0.15) is 6.92 Å². The molecule has 0 fully saturated rings. The number of nitrogens with zero attached hydrogens (tertiary/aromatic N) is 3. The largest absolute Gasteiger partial charge is 0.392 e. The first-order chi connectivity index (χ1) is 7.95. The predicted molar refractivity (Wildman–Crippen MR) is 65.4 cm³/mol. The number of aliphatic hydroxyl groups excluding tert-OH is 1. The van der Waals surface area contributed by atoms with Gasteiger partial charge in [0.25, 0.3) is 0 Å². The molecular weight excluding hydrogens is 224 g/mol. The minimum Gasteiger partial charge on any atom is -0.392 e. The molecular formula is C10H16N4O3. The molecule has 94 valence electrons. The molecule has 1 rings (SSSR count). The Bertz CT molecular complexity index is 409. The van der Waals surface area contributed by atoms with Crippen LogP contribution in [0.25, 0.3) is 0 Å². The fourth-order valence-corrected chi connectivity index (χ4v) is 1.49. The van der Waals surface area contributed by atoms with E-state index in [0.717, 1.165) is 0 Å². The lowest BCUT2D eigenvalue weighted by molar-refractivity contribution is -0.384. The van der Waals surface area contributed by atoms with Gasteiger partial charge in [-0.2, -0.15) is 0 Å². The Hall–Kier alpha value is -1.89. The first-order valence-corrected chi connectivity index (χ1v) is 5.18. The van der Waals surface area contributed by atoms with Gasteiger partial charge < -0.3 is 15.3 Å². The van der Waals surface area contributed by atoms with Gasteiger partial charge in [0.1, 0.15) is 5.82 Å². The lowest BCUT2D eigenvalue weighted by Gasteiger charge is -2.19. The summed E-state index contributed by atoms with van der Waals surface area (Å²) in [4.78, 5) is 16.1. The summed E-state index contributed by atoms with van der Waals surface area (Å²) in [5.74, 6) is 0.783. The molecule has 1 aromatic rings. The van der Waals surface area contributed by atoms with Crippen LogP contribution in [0, 0.1) is 10.1 Å². The highest BCUT2D eigenvalue weighted by molar-refractivity contribution is 5.61. The lowest BCUT2D eigenvalue weighted by atomic mass is 10.3. The van der Waals surface area contributed by atoms with Crippen molar-refractivity contribution in [3.63, 3.8) is 0 Å². The SMILES string of the molecule is CNc1ccc([N+](=O)[O-])c(N(C)CC(C)O)n1. The van der Waals surface area contributed by atoms with Crippen molar-refractivity contribution in [1.82, 2.24) is 4.98 Å². The summed E-state index contributed by atoms with van der Waals surface area (Å²) in [7, 11) is 3.34. The highest BCUT2D eigenvalue weighted by Gasteiger charge is 2.20. The number of hydrogen-bond acceptors (Lipinski definition) is 6. The van der Waals surface area contributed by atoms with Crippen LogP contribution in [-0.2, 0) is 0 Å². The van der Waals surface area contributed by atoms with Crippen molar-refractivity contribution in [3.05, 3.63) is 22.2 Å². The van der Waals surface area contributed by atoms with E-state index in [1.165, 1.54) is 12.1 Å². The second kappa shape index (κ2) is 5.44. The van der Waals surface area contributed by atoms with E-state index in [2.05, 4.69) is 10.3 Å². The van der Waals surface area contributed by atoms with Gasteiger partial charge in [-0.25, -0.2) is 4.98 Å². The normalized spacial score (nSPS) is 12.0.